The quantitative estimate of drug-likeness (QED) is 0.232. The molecule has 0 saturated carbocycles. The van der Waals surface area contributed by atoms with Gasteiger partial charge in [-0.2, -0.15) is 0 Å². The molecule has 3 aliphatic rings. The standard InChI is InChI=1S/C23H41PSi2/c1-25(2,3)22-15-9-11-19(22)17-24(21-13-7-8-14-21)18-20-12-10-16-23(20)26(4,5)6/h7,9,11,13,16,19-22H,8,10,12,14-15,17-18H2,1-6H3/t19-,20+,21+,22?,24?/m0/s1. The topological polar surface area (TPSA) is 0 Å². The molecule has 0 nitrogen and oxygen atoms in total. The number of hydrogen-bond donors (Lipinski definition) is 0. The van der Waals surface area contributed by atoms with Gasteiger partial charge in [-0.1, -0.05) is 82.8 Å². The maximum Gasteiger partial charge on any atom is 0.0724 e. The van der Waals surface area contributed by atoms with Crippen molar-refractivity contribution in [3.63, 3.8) is 0 Å². The minimum absolute atomic E-state index is 0.134. The molecule has 0 radical (unpaired) electrons. The van der Waals surface area contributed by atoms with Crippen LogP contribution in [-0.4, -0.2) is 34.1 Å². The maximum atomic E-state index is 2.65. The van der Waals surface area contributed by atoms with Crippen LogP contribution in [-0.2, 0) is 0 Å². The normalized spacial score (nSPS) is 33.1. The summed E-state index contributed by atoms with van der Waals surface area (Å²) in [6, 6.07) is 0. The van der Waals surface area contributed by atoms with E-state index in [4.69, 9.17) is 0 Å². The molecular weight excluding hydrogens is 363 g/mol. The average Bonchev–Trinajstić information content (AvgIpc) is 3.26. The van der Waals surface area contributed by atoms with Gasteiger partial charge in [-0.3, -0.25) is 0 Å². The molecule has 3 rings (SSSR count). The van der Waals surface area contributed by atoms with Gasteiger partial charge in [-0.15, -0.1) is 0 Å². The summed E-state index contributed by atoms with van der Waals surface area (Å²) in [4.78, 5) is 0. The first-order valence-electron chi connectivity index (χ1n) is 10.9. The van der Waals surface area contributed by atoms with E-state index in [9.17, 15) is 0 Å². The molecule has 0 aliphatic heterocycles. The summed E-state index contributed by atoms with van der Waals surface area (Å²) in [7, 11) is -2.06. The Kier molecular flexibility index (Phi) is 6.57. The third-order valence-electron chi connectivity index (χ3n) is 6.94. The highest BCUT2D eigenvalue weighted by Gasteiger charge is 2.38. The molecule has 0 N–H and O–H groups in total. The van der Waals surface area contributed by atoms with E-state index in [-0.39, 0.29) is 7.92 Å². The molecule has 0 saturated heterocycles. The van der Waals surface area contributed by atoms with Crippen LogP contribution in [0, 0.1) is 11.8 Å². The van der Waals surface area contributed by atoms with Gasteiger partial charge < -0.3 is 0 Å². The zero-order valence-electron chi connectivity index (χ0n) is 18.1. The van der Waals surface area contributed by atoms with Crippen LogP contribution in [0.1, 0.15) is 32.1 Å². The highest BCUT2D eigenvalue weighted by molar-refractivity contribution is 7.58. The van der Waals surface area contributed by atoms with Crippen LogP contribution in [0.15, 0.2) is 35.6 Å². The summed E-state index contributed by atoms with van der Waals surface area (Å²) in [6.45, 7) is 15.5. The summed E-state index contributed by atoms with van der Waals surface area (Å²) < 4.78 is 0. The molecule has 0 amide bonds. The van der Waals surface area contributed by atoms with Crippen molar-refractivity contribution in [3.8, 4) is 0 Å². The first-order chi connectivity index (χ1) is 12.2. The highest BCUT2D eigenvalue weighted by Crippen LogP contribution is 2.55. The molecule has 0 aromatic heterocycles. The van der Waals surface area contributed by atoms with E-state index in [2.05, 4.69) is 69.7 Å². The van der Waals surface area contributed by atoms with Crippen LogP contribution in [0.25, 0.3) is 0 Å². The van der Waals surface area contributed by atoms with Gasteiger partial charge in [0.25, 0.3) is 0 Å². The van der Waals surface area contributed by atoms with Gasteiger partial charge in [0.15, 0.2) is 0 Å². The highest BCUT2D eigenvalue weighted by atomic mass is 31.1. The monoisotopic (exact) mass is 404 g/mol. The van der Waals surface area contributed by atoms with Gasteiger partial charge in [0.1, 0.15) is 0 Å². The third kappa shape index (κ3) is 4.92. The molecule has 2 unspecified atom stereocenters. The van der Waals surface area contributed by atoms with Crippen molar-refractivity contribution >= 4 is 24.1 Å². The fraction of sp³-hybridized carbons (Fsp3) is 0.739. The van der Waals surface area contributed by atoms with Crippen LogP contribution in [0.2, 0.25) is 44.8 Å². The van der Waals surface area contributed by atoms with E-state index in [0.717, 1.165) is 23.0 Å². The molecule has 26 heavy (non-hydrogen) atoms. The van der Waals surface area contributed by atoms with Gasteiger partial charge in [0, 0.05) is 8.07 Å². The molecular formula is C23H41PSi2. The fourth-order valence-corrected chi connectivity index (χ4v) is 14.0. The van der Waals surface area contributed by atoms with Gasteiger partial charge in [0.05, 0.1) is 8.07 Å². The van der Waals surface area contributed by atoms with Crippen molar-refractivity contribution in [1.29, 1.82) is 0 Å². The fourth-order valence-electron chi connectivity index (χ4n) is 5.58. The van der Waals surface area contributed by atoms with E-state index in [1.807, 2.05) is 5.20 Å². The lowest BCUT2D eigenvalue weighted by Gasteiger charge is -2.36. The van der Waals surface area contributed by atoms with E-state index in [1.165, 1.54) is 44.4 Å². The Morgan fingerprint density at radius 1 is 0.923 bits per heavy atom. The Labute approximate surface area is 166 Å². The summed E-state index contributed by atoms with van der Waals surface area (Å²) in [5, 5.41) is 1.91. The van der Waals surface area contributed by atoms with Crippen molar-refractivity contribution in [3.05, 3.63) is 35.6 Å². The molecule has 0 fully saturated rings. The number of rotatable bonds is 7. The van der Waals surface area contributed by atoms with Crippen LogP contribution in [0.3, 0.4) is 0 Å². The second-order valence-electron chi connectivity index (χ2n) is 11.0. The van der Waals surface area contributed by atoms with Crippen molar-refractivity contribution < 1.29 is 0 Å². The zero-order valence-corrected chi connectivity index (χ0v) is 21.0. The van der Waals surface area contributed by atoms with E-state index >= 15 is 0 Å². The van der Waals surface area contributed by atoms with E-state index in [1.54, 1.807) is 0 Å². The molecule has 0 aromatic rings. The second kappa shape index (κ2) is 8.22. The van der Waals surface area contributed by atoms with Crippen LogP contribution < -0.4 is 0 Å². The molecule has 0 heterocycles. The Morgan fingerprint density at radius 3 is 2.31 bits per heavy atom. The lowest BCUT2D eigenvalue weighted by atomic mass is 10.1. The summed E-state index contributed by atoms with van der Waals surface area (Å²) in [5.41, 5.74) is 1.92. The van der Waals surface area contributed by atoms with Crippen molar-refractivity contribution in [1.82, 2.24) is 0 Å². The van der Waals surface area contributed by atoms with Gasteiger partial charge in [-0.25, -0.2) is 0 Å². The molecule has 5 atom stereocenters. The Hall–Kier alpha value is 0.0838. The Morgan fingerprint density at radius 2 is 1.69 bits per heavy atom. The first-order valence-corrected chi connectivity index (χ1v) is 19.8. The zero-order chi connectivity index (χ0) is 18.9. The van der Waals surface area contributed by atoms with E-state index in [0.29, 0.717) is 0 Å². The smallest absolute Gasteiger partial charge is 0.0724 e. The van der Waals surface area contributed by atoms with Gasteiger partial charge in [0.2, 0.25) is 0 Å². The largest absolute Gasteiger partial charge is 0.0985 e. The summed E-state index contributed by atoms with van der Waals surface area (Å²) >= 11 is 0. The van der Waals surface area contributed by atoms with Crippen molar-refractivity contribution in [2.75, 3.05) is 12.3 Å². The van der Waals surface area contributed by atoms with Gasteiger partial charge >= 0.3 is 0 Å². The Bertz CT molecular complexity index is 572. The minimum atomic E-state index is -1.13. The molecule has 3 heteroatoms. The Balaban J connectivity index is 1.73. The molecule has 3 aliphatic carbocycles. The average molecular weight is 405 g/mol. The lowest BCUT2D eigenvalue weighted by molar-refractivity contribution is 0.663. The lowest BCUT2D eigenvalue weighted by Crippen LogP contribution is -2.33. The van der Waals surface area contributed by atoms with Crippen molar-refractivity contribution in [2.45, 2.75) is 82.6 Å². The third-order valence-corrected chi connectivity index (χ3v) is 15.3. The summed E-state index contributed by atoms with van der Waals surface area (Å²) in [6.07, 6.45) is 22.9. The van der Waals surface area contributed by atoms with Crippen molar-refractivity contribution in [2.24, 2.45) is 11.8 Å². The molecule has 0 aromatic carbocycles. The SMILES string of the molecule is C[Si](C)(C)C1=CCC[C@@H]1CP(C[C@@H]1C=CCC1[Si](C)(C)C)[C@@H]1C=CCC1. The van der Waals surface area contributed by atoms with Crippen LogP contribution >= 0.6 is 7.92 Å². The van der Waals surface area contributed by atoms with Gasteiger partial charge in [-0.05, 0) is 67.5 Å². The predicted molar refractivity (Wildman–Crippen MR) is 127 cm³/mol. The number of allylic oxidation sites excluding steroid dienone is 6. The predicted octanol–water partition coefficient (Wildman–Crippen LogP) is 7.69. The molecule has 146 valence electrons. The maximum absolute atomic E-state index is 2.65. The first kappa shape index (κ1) is 20.8. The van der Waals surface area contributed by atoms with Crippen LogP contribution in [0.5, 0.6) is 0 Å². The van der Waals surface area contributed by atoms with E-state index < -0.39 is 16.1 Å². The molecule has 0 spiro atoms. The minimum Gasteiger partial charge on any atom is -0.0985 e. The second-order valence-corrected chi connectivity index (χ2v) is 24.1. The van der Waals surface area contributed by atoms with Crippen LogP contribution in [0.4, 0.5) is 0 Å². The molecule has 0 bridgehead atoms. The number of hydrogen-bond acceptors (Lipinski definition) is 0. The summed E-state index contributed by atoms with van der Waals surface area (Å²) in [5.74, 6) is 1.82.